The van der Waals surface area contributed by atoms with Gasteiger partial charge < -0.3 is 26.0 Å². The second-order valence-corrected chi connectivity index (χ2v) is 5.62. The number of carbonyl (C=O) groups is 4. The predicted molar refractivity (Wildman–Crippen MR) is 74.4 cm³/mol. The summed E-state index contributed by atoms with van der Waals surface area (Å²) in [7, 11) is 0. The molecule has 26 heavy (non-hydrogen) atoms. The van der Waals surface area contributed by atoms with Crippen molar-refractivity contribution in [1.82, 2.24) is 10.2 Å². The van der Waals surface area contributed by atoms with Gasteiger partial charge in [0.05, 0.1) is 6.04 Å². The molecule has 3 atom stereocenters. The number of carboxylic acid groups (broad SMARTS) is 2. The van der Waals surface area contributed by atoms with Gasteiger partial charge in [-0.15, -0.1) is 0 Å². The summed E-state index contributed by atoms with van der Waals surface area (Å²) in [6, 6.07) is -0.488. The number of hydrogen-bond acceptors (Lipinski definition) is 6. The summed E-state index contributed by atoms with van der Waals surface area (Å²) in [5, 5.41) is 19.5. The van der Waals surface area contributed by atoms with Crippen molar-refractivity contribution in [1.29, 1.82) is 0 Å². The van der Waals surface area contributed by atoms with Gasteiger partial charge in [-0.1, -0.05) is 0 Å². The van der Waals surface area contributed by atoms with Gasteiger partial charge in [0.25, 0.3) is 0 Å². The Morgan fingerprint density at radius 1 is 1.31 bits per heavy atom. The average molecular weight is 381 g/mol. The number of alkyl halides is 3. The lowest BCUT2D eigenvalue weighted by Gasteiger charge is -2.48. The molecule has 3 rings (SSSR count). The van der Waals surface area contributed by atoms with Crippen LogP contribution in [0.25, 0.3) is 0 Å². The molecule has 3 aliphatic rings. The Morgan fingerprint density at radius 2 is 1.88 bits per heavy atom. The van der Waals surface area contributed by atoms with E-state index in [4.69, 9.17) is 20.4 Å². The Balaban J connectivity index is 0.000000298. The Hall–Kier alpha value is -2.83. The Labute approximate surface area is 143 Å². The minimum absolute atomic E-state index is 0.0544. The molecule has 0 radical (unpaired) electrons. The van der Waals surface area contributed by atoms with Gasteiger partial charge in [-0.05, 0) is 13.0 Å². The number of piperidine rings is 1. The first-order chi connectivity index (χ1) is 12.0. The van der Waals surface area contributed by atoms with Crippen molar-refractivity contribution in [2.24, 2.45) is 11.7 Å². The summed E-state index contributed by atoms with van der Waals surface area (Å²) < 4.78 is 36.5. The van der Waals surface area contributed by atoms with Gasteiger partial charge in [0.2, 0.25) is 5.91 Å². The van der Waals surface area contributed by atoms with Crippen molar-refractivity contribution in [2.75, 3.05) is 13.2 Å². The topological polar surface area (TPSA) is 159 Å². The van der Waals surface area contributed by atoms with E-state index in [9.17, 15) is 32.7 Å². The molecule has 1 unspecified atom stereocenters. The molecule has 0 aromatic rings. The number of amides is 2. The van der Waals surface area contributed by atoms with Crippen LogP contribution < -0.4 is 11.1 Å². The van der Waals surface area contributed by atoms with Crippen LogP contribution in [0.15, 0.2) is 11.3 Å². The number of aliphatic carboxylic acids is 2. The average Bonchev–Trinajstić information content (AvgIpc) is 2.85. The summed E-state index contributed by atoms with van der Waals surface area (Å²) in [6.45, 7) is 0.465. The van der Waals surface area contributed by atoms with E-state index >= 15 is 0 Å². The Morgan fingerprint density at radius 3 is 2.35 bits per heavy atom. The molecule has 2 fully saturated rings. The van der Waals surface area contributed by atoms with Gasteiger partial charge in [0.15, 0.2) is 0 Å². The highest BCUT2D eigenvalue weighted by Gasteiger charge is 2.61. The molecule has 3 aliphatic heterocycles. The van der Waals surface area contributed by atoms with Crippen LogP contribution in [0.4, 0.5) is 18.0 Å². The largest absolute Gasteiger partial charge is 0.490 e. The molecule has 3 heterocycles. The van der Waals surface area contributed by atoms with Gasteiger partial charge in [-0.25, -0.2) is 14.4 Å². The molecule has 0 saturated carbocycles. The third kappa shape index (κ3) is 3.42. The quantitative estimate of drug-likeness (QED) is 0.465. The fourth-order valence-electron chi connectivity index (χ4n) is 3.23. The Bertz CT molecular complexity index is 691. The molecule has 0 bridgehead atoms. The molecule has 13 heteroatoms. The molecule has 10 nitrogen and oxygen atoms in total. The van der Waals surface area contributed by atoms with Gasteiger partial charge in [0.1, 0.15) is 18.3 Å². The van der Waals surface area contributed by atoms with Crippen LogP contribution in [0.1, 0.15) is 6.42 Å². The smallest absolute Gasteiger partial charge is 0.477 e. The molecule has 144 valence electrons. The van der Waals surface area contributed by atoms with Crippen molar-refractivity contribution in [3.8, 4) is 0 Å². The van der Waals surface area contributed by atoms with Crippen LogP contribution in [-0.4, -0.2) is 70.5 Å². The third-order valence-electron chi connectivity index (χ3n) is 4.18. The summed E-state index contributed by atoms with van der Waals surface area (Å²) in [4.78, 5) is 44.1. The van der Waals surface area contributed by atoms with Gasteiger partial charge in [0, 0.05) is 11.5 Å². The van der Waals surface area contributed by atoms with E-state index < -0.39 is 24.2 Å². The molecule has 0 aliphatic carbocycles. The molecular formula is C13H14F3N3O7. The molecule has 5 N–H and O–H groups in total. The van der Waals surface area contributed by atoms with E-state index in [1.54, 1.807) is 0 Å². The van der Waals surface area contributed by atoms with Gasteiger partial charge in [-0.3, -0.25) is 9.69 Å². The first-order valence-electron chi connectivity index (χ1n) is 7.22. The lowest BCUT2D eigenvalue weighted by molar-refractivity contribution is -0.192. The number of rotatable bonds is 3. The van der Waals surface area contributed by atoms with E-state index in [0.717, 1.165) is 0 Å². The number of nitrogens with one attached hydrogen (secondary N) is 1. The van der Waals surface area contributed by atoms with Crippen LogP contribution >= 0.6 is 0 Å². The number of carboxylic acids is 2. The van der Waals surface area contributed by atoms with Crippen LogP contribution in [-0.2, 0) is 19.1 Å². The van der Waals surface area contributed by atoms with Crippen LogP contribution in [0.2, 0.25) is 0 Å². The van der Waals surface area contributed by atoms with Gasteiger partial charge >= 0.3 is 24.2 Å². The molecule has 0 aromatic carbocycles. The fourth-order valence-corrected chi connectivity index (χ4v) is 3.23. The lowest BCUT2D eigenvalue weighted by atomic mass is 9.79. The zero-order valence-corrected chi connectivity index (χ0v) is 12.9. The molecule has 2 amide bonds. The van der Waals surface area contributed by atoms with Crippen molar-refractivity contribution in [2.45, 2.75) is 24.7 Å². The first-order valence-corrected chi connectivity index (χ1v) is 7.22. The number of nitrogens with zero attached hydrogens (tertiary/aromatic N) is 1. The number of ether oxygens (including phenoxy) is 1. The molecule has 0 spiro atoms. The summed E-state index contributed by atoms with van der Waals surface area (Å²) in [5.41, 5.74) is 5.33. The van der Waals surface area contributed by atoms with E-state index in [1.165, 1.54) is 4.90 Å². The minimum atomic E-state index is -5.08. The van der Waals surface area contributed by atoms with Crippen molar-refractivity contribution < 1.29 is 47.3 Å². The van der Waals surface area contributed by atoms with Gasteiger partial charge in [-0.2, -0.15) is 13.2 Å². The summed E-state index contributed by atoms with van der Waals surface area (Å²) >= 11 is 0. The normalized spacial score (nSPS) is 26.3. The van der Waals surface area contributed by atoms with E-state index in [2.05, 4.69) is 5.32 Å². The predicted octanol–water partition coefficient (Wildman–Crippen LogP) is -0.744. The standard InChI is InChI=1S/C11H13N3O5.C2HF3O2/c12-11(18)19-3-5-4-1-2-13-6-7(4)14(9(6)15)8(5)10(16)17;3-2(4,5)1(6)7/h4,6-7,13H,1-3H2,(H2,12,18)(H,16,17);(H,6,7)/t4?,6-,7+;/m0./s1. The molecule has 2 saturated heterocycles. The number of primary amides is 1. The maximum atomic E-state index is 11.9. The van der Waals surface area contributed by atoms with Crippen molar-refractivity contribution in [3.63, 3.8) is 0 Å². The second kappa shape index (κ2) is 6.82. The zero-order valence-electron chi connectivity index (χ0n) is 12.9. The molecule has 0 aromatic heterocycles. The Kier molecular flexibility index (Phi) is 5.11. The first kappa shape index (κ1) is 19.5. The van der Waals surface area contributed by atoms with E-state index in [1.807, 2.05) is 0 Å². The monoisotopic (exact) mass is 381 g/mol. The number of halogens is 3. The summed E-state index contributed by atoms with van der Waals surface area (Å²) in [6.07, 6.45) is -5.33. The van der Waals surface area contributed by atoms with E-state index in [-0.39, 0.29) is 36.2 Å². The maximum absolute atomic E-state index is 11.9. The highest BCUT2D eigenvalue weighted by Crippen LogP contribution is 2.46. The lowest BCUT2D eigenvalue weighted by Crippen LogP contribution is -2.72. The zero-order chi connectivity index (χ0) is 19.8. The van der Waals surface area contributed by atoms with Crippen LogP contribution in [0.3, 0.4) is 0 Å². The number of carbonyl (C=O) groups excluding carboxylic acids is 2. The SMILES string of the molecule is NC(=O)OCC1=C(C(=O)O)N2C(=O)[C@H]3NCCC1[C@H]32.O=C(O)C(F)(F)F. The van der Waals surface area contributed by atoms with Crippen LogP contribution in [0, 0.1) is 5.92 Å². The second-order valence-electron chi connectivity index (χ2n) is 5.62. The fraction of sp³-hybridized carbons (Fsp3) is 0.538. The maximum Gasteiger partial charge on any atom is 0.490 e. The van der Waals surface area contributed by atoms with Crippen molar-refractivity contribution in [3.05, 3.63) is 11.3 Å². The number of nitrogens with two attached hydrogens (primary N) is 1. The number of hydrogen-bond donors (Lipinski definition) is 4. The van der Waals surface area contributed by atoms with E-state index in [0.29, 0.717) is 18.5 Å². The molecular weight excluding hydrogens is 367 g/mol. The van der Waals surface area contributed by atoms with Crippen molar-refractivity contribution >= 4 is 23.9 Å². The third-order valence-corrected chi connectivity index (χ3v) is 4.18. The highest BCUT2D eigenvalue weighted by molar-refractivity contribution is 6.01. The van der Waals surface area contributed by atoms with Crippen LogP contribution in [0.5, 0.6) is 0 Å². The highest BCUT2D eigenvalue weighted by atomic mass is 19.4. The summed E-state index contributed by atoms with van der Waals surface area (Å²) in [5.74, 6) is -4.24. The number of β-lactam (4-membered cyclic amide) rings is 1. The minimum Gasteiger partial charge on any atom is -0.477 e.